The standard InChI is InChI=1S/C4H6NO2/c6-4-1-2-5-3-7-4/h3,5H,1-2H2. The van der Waals surface area contributed by atoms with Crippen LogP contribution in [0.2, 0.25) is 0 Å². The molecule has 0 saturated carbocycles. The van der Waals surface area contributed by atoms with Crippen LogP contribution in [-0.4, -0.2) is 12.5 Å². The van der Waals surface area contributed by atoms with Crippen molar-refractivity contribution in [3.8, 4) is 0 Å². The maximum absolute atomic E-state index is 10.2. The van der Waals surface area contributed by atoms with Crippen LogP contribution in [0.4, 0.5) is 0 Å². The lowest BCUT2D eigenvalue weighted by Crippen LogP contribution is -2.25. The third-order valence-electron chi connectivity index (χ3n) is 0.747. The minimum Gasteiger partial charge on any atom is -0.441 e. The summed E-state index contributed by atoms with van der Waals surface area (Å²) in [5, 5.41) is 2.75. The monoisotopic (exact) mass is 100 g/mol. The van der Waals surface area contributed by atoms with E-state index in [0.29, 0.717) is 13.0 Å². The Hall–Kier alpha value is -0.570. The molecule has 0 unspecified atom stereocenters. The summed E-state index contributed by atoms with van der Waals surface area (Å²) >= 11 is 0. The topological polar surface area (TPSA) is 38.3 Å². The zero-order chi connectivity index (χ0) is 5.11. The first kappa shape index (κ1) is 4.59. The first-order chi connectivity index (χ1) is 3.39. The molecule has 3 heteroatoms. The highest BCUT2D eigenvalue weighted by Crippen LogP contribution is 1.91. The van der Waals surface area contributed by atoms with Gasteiger partial charge in [-0.05, 0) is 0 Å². The van der Waals surface area contributed by atoms with Gasteiger partial charge in [0.05, 0.1) is 6.42 Å². The minimum atomic E-state index is -0.154. The van der Waals surface area contributed by atoms with Crippen LogP contribution in [0.1, 0.15) is 6.42 Å². The smallest absolute Gasteiger partial charge is 0.308 e. The van der Waals surface area contributed by atoms with E-state index in [1.165, 1.54) is 6.73 Å². The highest BCUT2D eigenvalue weighted by molar-refractivity contribution is 5.70. The van der Waals surface area contributed by atoms with Crippen LogP contribution in [0.25, 0.3) is 0 Å². The Morgan fingerprint density at radius 3 is 3.00 bits per heavy atom. The SMILES string of the molecule is O=C1CCN[CH]O1. The molecular weight excluding hydrogens is 94.0 g/mol. The lowest BCUT2D eigenvalue weighted by molar-refractivity contribution is -0.142. The van der Waals surface area contributed by atoms with Gasteiger partial charge in [-0.3, -0.25) is 10.1 Å². The number of carbonyl (C=O) groups excluding carboxylic acids is 1. The summed E-state index contributed by atoms with van der Waals surface area (Å²) in [7, 11) is 0. The van der Waals surface area contributed by atoms with Crippen molar-refractivity contribution in [1.82, 2.24) is 5.32 Å². The predicted octanol–water partition coefficient (Wildman–Crippen LogP) is -0.358. The van der Waals surface area contributed by atoms with Crippen molar-refractivity contribution in [3.63, 3.8) is 0 Å². The summed E-state index contributed by atoms with van der Waals surface area (Å²) in [6.07, 6.45) is 0.483. The average Bonchev–Trinajstić information content (AvgIpc) is 1.69. The second-order valence-electron chi connectivity index (χ2n) is 1.31. The third-order valence-corrected chi connectivity index (χ3v) is 0.747. The van der Waals surface area contributed by atoms with Crippen molar-refractivity contribution >= 4 is 5.97 Å². The number of cyclic esters (lactones) is 1. The predicted molar refractivity (Wildman–Crippen MR) is 23.0 cm³/mol. The molecule has 1 rings (SSSR count). The molecule has 0 amide bonds. The molecule has 1 saturated heterocycles. The van der Waals surface area contributed by atoms with E-state index < -0.39 is 0 Å². The van der Waals surface area contributed by atoms with Gasteiger partial charge in [0.2, 0.25) is 6.73 Å². The van der Waals surface area contributed by atoms with Gasteiger partial charge < -0.3 is 4.74 Å². The summed E-state index contributed by atoms with van der Waals surface area (Å²) in [4.78, 5) is 10.2. The minimum absolute atomic E-state index is 0.154. The van der Waals surface area contributed by atoms with Gasteiger partial charge in [0, 0.05) is 6.54 Å². The Morgan fingerprint density at radius 1 is 1.86 bits per heavy atom. The highest BCUT2D eigenvalue weighted by atomic mass is 16.5. The normalized spacial score (nSPS) is 21.4. The van der Waals surface area contributed by atoms with E-state index in [-0.39, 0.29) is 5.97 Å². The second kappa shape index (κ2) is 1.93. The lowest BCUT2D eigenvalue weighted by Gasteiger charge is -2.09. The molecule has 7 heavy (non-hydrogen) atoms. The van der Waals surface area contributed by atoms with Crippen molar-refractivity contribution in [2.75, 3.05) is 6.54 Å². The molecule has 0 bridgehead atoms. The molecule has 1 radical (unpaired) electrons. The molecule has 0 aromatic rings. The summed E-state index contributed by atoms with van der Waals surface area (Å²) in [5.41, 5.74) is 0. The van der Waals surface area contributed by atoms with Crippen LogP contribution in [0.5, 0.6) is 0 Å². The van der Waals surface area contributed by atoms with Gasteiger partial charge in [0.1, 0.15) is 0 Å². The van der Waals surface area contributed by atoms with Crippen molar-refractivity contribution in [2.24, 2.45) is 0 Å². The van der Waals surface area contributed by atoms with Crippen LogP contribution in [-0.2, 0) is 9.53 Å². The van der Waals surface area contributed by atoms with E-state index in [2.05, 4.69) is 10.1 Å². The van der Waals surface area contributed by atoms with Gasteiger partial charge in [-0.2, -0.15) is 0 Å². The zero-order valence-electron chi connectivity index (χ0n) is 3.81. The molecule has 1 aliphatic rings. The first-order valence-electron chi connectivity index (χ1n) is 2.14. The van der Waals surface area contributed by atoms with Crippen molar-refractivity contribution < 1.29 is 9.53 Å². The average molecular weight is 100 g/mol. The third kappa shape index (κ3) is 1.16. The van der Waals surface area contributed by atoms with E-state index in [1.807, 2.05) is 0 Å². The molecule has 1 heterocycles. The molecule has 0 aromatic carbocycles. The number of hydrogen-bond donors (Lipinski definition) is 1. The fourth-order valence-electron chi connectivity index (χ4n) is 0.399. The molecule has 0 atom stereocenters. The number of esters is 1. The summed E-state index contributed by atoms with van der Waals surface area (Å²) in [6, 6.07) is 0. The Morgan fingerprint density at radius 2 is 2.71 bits per heavy atom. The number of nitrogens with one attached hydrogen (secondary N) is 1. The molecular formula is C4H6NO2. The number of rotatable bonds is 0. The number of carbonyl (C=O) groups is 1. The van der Waals surface area contributed by atoms with Crippen molar-refractivity contribution in [2.45, 2.75) is 6.42 Å². The molecule has 3 nitrogen and oxygen atoms in total. The first-order valence-corrected chi connectivity index (χ1v) is 2.14. The Balaban J connectivity index is 2.25. The van der Waals surface area contributed by atoms with Crippen molar-refractivity contribution in [3.05, 3.63) is 6.73 Å². The van der Waals surface area contributed by atoms with E-state index in [9.17, 15) is 4.79 Å². The molecule has 1 N–H and O–H groups in total. The fourth-order valence-corrected chi connectivity index (χ4v) is 0.399. The summed E-state index contributed by atoms with van der Waals surface area (Å²) in [5.74, 6) is -0.154. The van der Waals surface area contributed by atoms with Gasteiger partial charge >= 0.3 is 5.97 Å². The van der Waals surface area contributed by atoms with Gasteiger partial charge in [0.15, 0.2) is 0 Å². The highest BCUT2D eigenvalue weighted by Gasteiger charge is 2.06. The van der Waals surface area contributed by atoms with Gasteiger partial charge in [-0.15, -0.1) is 0 Å². The Bertz CT molecular complexity index is 73.8. The molecule has 0 aliphatic carbocycles. The van der Waals surface area contributed by atoms with E-state index >= 15 is 0 Å². The van der Waals surface area contributed by atoms with Crippen LogP contribution in [0.3, 0.4) is 0 Å². The molecule has 0 aromatic heterocycles. The van der Waals surface area contributed by atoms with Gasteiger partial charge in [-0.1, -0.05) is 0 Å². The molecule has 1 fully saturated rings. The molecule has 39 valence electrons. The van der Waals surface area contributed by atoms with E-state index in [4.69, 9.17) is 0 Å². The lowest BCUT2D eigenvalue weighted by atomic mass is 10.4. The Kier molecular flexibility index (Phi) is 1.26. The van der Waals surface area contributed by atoms with Crippen molar-refractivity contribution in [1.29, 1.82) is 0 Å². The van der Waals surface area contributed by atoms with E-state index in [0.717, 1.165) is 0 Å². The maximum Gasteiger partial charge on any atom is 0.308 e. The summed E-state index contributed by atoms with van der Waals surface area (Å²) in [6.45, 7) is 2.02. The van der Waals surface area contributed by atoms with Crippen LogP contribution >= 0.6 is 0 Å². The van der Waals surface area contributed by atoms with Crippen LogP contribution < -0.4 is 5.32 Å². The summed E-state index contributed by atoms with van der Waals surface area (Å²) < 4.78 is 4.40. The fraction of sp³-hybridized carbons (Fsp3) is 0.500. The number of ether oxygens (including phenoxy) is 1. The van der Waals surface area contributed by atoms with Crippen LogP contribution in [0, 0.1) is 6.73 Å². The van der Waals surface area contributed by atoms with Gasteiger partial charge in [0.25, 0.3) is 0 Å². The number of hydrogen-bond acceptors (Lipinski definition) is 3. The molecule has 1 aliphatic heterocycles. The maximum atomic E-state index is 10.2. The van der Waals surface area contributed by atoms with E-state index in [1.54, 1.807) is 0 Å². The van der Waals surface area contributed by atoms with Gasteiger partial charge in [-0.25, -0.2) is 0 Å². The quantitative estimate of drug-likeness (QED) is 0.422. The van der Waals surface area contributed by atoms with Crippen LogP contribution in [0.15, 0.2) is 0 Å². The zero-order valence-corrected chi connectivity index (χ0v) is 3.81. The molecule has 0 spiro atoms. The second-order valence-corrected chi connectivity index (χ2v) is 1.31. The Labute approximate surface area is 41.7 Å². The largest absolute Gasteiger partial charge is 0.441 e.